The minimum atomic E-state index is -0.376. The molecule has 1 N–H and O–H groups in total. The molecule has 4 rings (SSSR count). The third-order valence-corrected chi connectivity index (χ3v) is 6.52. The number of nitrogens with zero attached hydrogens (tertiary/aromatic N) is 2. The number of amides is 1. The first-order valence-corrected chi connectivity index (χ1v) is 11.1. The molecule has 1 amide bonds. The highest BCUT2D eigenvalue weighted by Gasteiger charge is 2.50. The molecule has 0 bridgehead atoms. The fourth-order valence-electron chi connectivity index (χ4n) is 5.01. The highest BCUT2D eigenvalue weighted by molar-refractivity contribution is 5.87. The van der Waals surface area contributed by atoms with E-state index in [0.29, 0.717) is 12.5 Å². The zero-order valence-corrected chi connectivity index (χ0v) is 17.6. The van der Waals surface area contributed by atoms with Crippen molar-refractivity contribution < 1.29 is 14.6 Å². The zero-order valence-electron chi connectivity index (χ0n) is 17.6. The van der Waals surface area contributed by atoms with Crippen molar-refractivity contribution in [2.45, 2.75) is 44.2 Å². The Kier molecular flexibility index (Phi) is 6.70. The monoisotopic (exact) mass is 408 g/mol. The Bertz CT molecular complexity index is 841. The van der Waals surface area contributed by atoms with E-state index in [-0.39, 0.29) is 18.8 Å². The van der Waals surface area contributed by atoms with Crippen LogP contribution in [0.25, 0.3) is 0 Å². The van der Waals surface area contributed by atoms with E-state index in [0.717, 1.165) is 63.1 Å². The molecule has 2 saturated heterocycles. The van der Waals surface area contributed by atoms with E-state index in [1.807, 2.05) is 24.3 Å². The fourth-order valence-corrected chi connectivity index (χ4v) is 5.01. The van der Waals surface area contributed by atoms with Gasteiger partial charge in [-0.15, -0.1) is 0 Å². The van der Waals surface area contributed by atoms with Crippen molar-refractivity contribution in [1.82, 2.24) is 9.80 Å². The van der Waals surface area contributed by atoms with Crippen LogP contribution in [-0.2, 0) is 17.8 Å². The van der Waals surface area contributed by atoms with Gasteiger partial charge < -0.3 is 14.7 Å². The van der Waals surface area contributed by atoms with Crippen molar-refractivity contribution in [3.05, 3.63) is 65.7 Å². The van der Waals surface area contributed by atoms with Gasteiger partial charge in [-0.2, -0.15) is 0 Å². The number of hydrogen-bond acceptors (Lipinski definition) is 4. The Morgan fingerprint density at radius 2 is 1.70 bits per heavy atom. The molecular weight excluding hydrogens is 376 g/mol. The predicted molar refractivity (Wildman–Crippen MR) is 117 cm³/mol. The third kappa shape index (κ3) is 4.37. The molecule has 2 aliphatic heterocycles. The lowest BCUT2D eigenvalue weighted by atomic mass is 9.85. The maximum Gasteiger partial charge on any atom is 0.243 e. The number of aliphatic hydroxyl groups excluding tert-OH is 1. The highest BCUT2D eigenvalue weighted by atomic mass is 16.5. The first kappa shape index (κ1) is 20.9. The zero-order chi connectivity index (χ0) is 20.8. The van der Waals surface area contributed by atoms with Gasteiger partial charge in [0, 0.05) is 25.2 Å². The summed E-state index contributed by atoms with van der Waals surface area (Å²) in [5, 5.41) is 9.11. The molecule has 30 heavy (non-hydrogen) atoms. The molecule has 0 aliphatic carbocycles. The molecule has 2 aromatic rings. The number of piperidine rings is 1. The number of ether oxygens (including phenoxy) is 1. The van der Waals surface area contributed by atoms with Gasteiger partial charge in [-0.05, 0) is 50.3 Å². The van der Waals surface area contributed by atoms with E-state index in [2.05, 4.69) is 40.1 Å². The quantitative estimate of drug-likeness (QED) is 0.729. The first-order chi connectivity index (χ1) is 14.7. The number of likely N-dealkylation sites (tertiary alicyclic amines) is 2. The molecule has 1 unspecified atom stereocenters. The van der Waals surface area contributed by atoms with Crippen LogP contribution in [0.1, 0.15) is 36.8 Å². The molecular formula is C25H32N2O3. The maximum atomic E-state index is 13.6. The molecule has 0 aromatic heterocycles. The van der Waals surface area contributed by atoms with Crippen LogP contribution in [0.2, 0.25) is 0 Å². The number of aliphatic hydroxyl groups is 1. The maximum absolute atomic E-state index is 13.6. The van der Waals surface area contributed by atoms with Crippen LogP contribution >= 0.6 is 0 Å². The average molecular weight is 409 g/mol. The molecule has 5 heteroatoms. The Morgan fingerprint density at radius 3 is 2.50 bits per heavy atom. The molecule has 2 aromatic carbocycles. The van der Waals surface area contributed by atoms with Crippen molar-refractivity contribution in [3.63, 3.8) is 0 Å². The van der Waals surface area contributed by atoms with Crippen LogP contribution in [0, 0.1) is 0 Å². The van der Waals surface area contributed by atoms with Crippen molar-refractivity contribution in [2.75, 3.05) is 32.8 Å². The molecule has 2 aliphatic rings. The van der Waals surface area contributed by atoms with Crippen molar-refractivity contribution in [1.29, 1.82) is 0 Å². The highest BCUT2D eigenvalue weighted by Crippen LogP contribution is 2.40. The van der Waals surface area contributed by atoms with Gasteiger partial charge in [0.2, 0.25) is 5.91 Å². The molecule has 2 heterocycles. The SMILES string of the molecule is O=C1N(CCc2ccccc2)CCCC12CCCN2Cc1ccccc1OCCO. The van der Waals surface area contributed by atoms with E-state index in [9.17, 15) is 4.79 Å². The van der Waals surface area contributed by atoms with Gasteiger partial charge in [0.15, 0.2) is 0 Å². The van der Waals surface area contributed by atoms with E-state index in [1.54, 1.807) is 0 Å². The summed E-state index contributed by atoms with van der Waals surface area (Å²) < 4.78 is 5.74. The number of rotatable bonds is 8. The summed E-state index contributed by atoms with van der Waals surface area (Å²) in [7, 11) is 0. The summed E-state index contributed by atoms with van der Waals surface area (Å²) in [4.78, 5) is 18.1. The number of hydrogen-bond donors (Lipinski definition) is 1. The summed E-state index contributed by atoms with van der Waals surface area (Å²) in [6, 6.07) is 18.4. The largest absolute Gasteiger partial charge is 0.491 e. The fraction of sp³-hybridized carbons (Fsp3) is 0.480. The summed E-state index contributed by atoms with van der Waals surface area (Å²) in [6.45, 7) is 3.57. The summed E-state index contributed by atoms with van der Waals surface area (Å²) in [5.74, 6) is 1.11. The minimum Gasteiger partial charge on any atom is -0.491 e. The van der Waals surface area contributed by atoms with Crippen LogP contribution in [-0.4, -0.2) is 59.2 Å². The van der Waals surface area contributed by atoms with E-state index >= 15 is 0 Å². The molecule has 1 atom stereocenters. The van der Waals surface area contributed by atoms with Gasteiger partial charge in [0.05, 0.1) is 6.61 Å². The van der Waals surface area contributed by atoms with Crippen LogP contribution in [0.3, 0.4) is 0 Å². The Labute approximate surface area is 179 Å². The molecule has 5 nitrogen and oxygen atoms in total. The Hall–Kier alpha value is -2.37. The lowest BCUT2D eigenvalue weighted by Gasteiger charge is -2.45. The predicted octanol–water partition coefficient (Wildman–Crippen LogP) is 3.26. The third-order valence-electron chi connectivity index (χ3n) is 6.52. The lowest BCUT2D eigenvalue weighted by molar-refractivity contribution is -0.147. The van der Waals surface area contributed by atoms with Crippen molar-refractivity contribution in [2.24, 2.45) is 0 Å². The molecule has 160 valence electrons. The number of para-hydroxylation sites is 1. The normalized spacial score (nSPS) is 22.0. The molecule has 0 radical (unpaired) electrons. The molecule has 1 spiro atoms. The first-order valence-electron chi connectivity index (χ1n) is 11.1. The summed E-state index contributed by atoms with van der Waals surface area (Å²) in [6.07, 6.45) is 4.89. The second kappa shape index (κ2) is 9.63. The van der Waals surface area contributed by atoms with Crippen LogP contribution in [0.4, 0.5) is 0 Å². The topological polar surface area (TPSA) is 53.0 Å². The van der Waals surface area contributed by atoms with Crippen LogP contribution in [0.5, 0.6) is 5.75 Å². The van der Waals surface area contributed by atoms with Gasteiger partial charge in [-0.1, -0.05) is 48.5 Å². The number of carbonyl (C=O) groups is 1. The van der Waals surface area contributed by atoms with Crippen molar-refractivity contribution >= 4 is 5.91 Å². The van der Waals surface area contributed by atoms with Gasteiger partial charge in [0.1, 0.15) is 17.9 Å². The average Bonchev–Trinajstić information content (AvgIpc) is 3.18. The molecule has 2 fully saturated rings. The second-order valence-corrected chi connectivity index (χ2v) is 8.37. The lowest BCUT2D eigenvalue weighted by Crippen LogP contribution is -2.59. The van der Waals surface area contributed by atoms with Crippen LogP contribution < -0.4 is 4.74 Å². The molecule has 0 saturated carbocycles. The number of benzene rings is 2. The van der Waals surface area contributed by atoms with Gasteiger partial charge in [-0.3, -0.25) is 9.69 Å². The van der Waals surface area contributed by atoms with Gasteiger partial charge in [0.25, 0.3) is 0 Å². The standard InChI is InChI=1S/C25H32N2O3/c28-18-19-30-23-11-5-4-10-22(23)20-27-16-7-14-25(27)13-6-15-26(24(25)29)17-12-21-8-2-1-3-9-21/h1-5,8-11,28H,6-7,12-20H2. The number of carbonyl (C=O) groups excluding carboxylic acids is 1. The minimum absolute atomic E-state index is 0.00313. The Balaban J connectivity index is 1.47. The summed E-state index contributed by atoms with van der Waals surface area (Å²) in [5.41, 5.74) is 1.99. The van der Waals surface area contributed by atoms with Crippen LogP contribution in [0.15, 0.2) is 54.6 Å². The van der Waals surface area contributed by atoms with E-state index in [4.69, 9.17) is 9.84 Å². The Morgan fingerprint density at radius 1 is 0.967 bits per heavy atom. The van der Waals surface area contributed by atoms with Gasteiger partial charge >= 0.3 is 0 Å². The van der Waals surface area contributed by atoms with Crippen molar-refractivity contribution in [3.8, 4) is 5.75 Å². The summed E-state index contributed by atoms with van der Waals surface area (Å²) >= 11 is 0. The van der Waals surface area contributed by atoms with Gasteiger partial charge in [-0.25, -0.2) is 0 Å². The smallest absolute Gasteiger partial charge is 0.243 e. The van der Waals surface area contributed by atoms with E-state index in [1.165, 1.54) is 5.56 Å². The van der Waals surface area contributed by atoms with E-state index < -0.39 is 0 Å². The second-order valence-electron chi connectivity index (χ2n) is 8.37.